The van der Waals surface area contributed by atoms with Crippen LogP contribution in [0.25, 0.3) is 0 Å². The number of alkyl halides is 3. The molecule has 0 radical (unpaired) electrons. The fraction of sp³-hybridized carbons (Fsp3) is 0.625. The molecule has 0 unspecified atom stereocenters. The largest absolute Gasteiger partial charge is 0.435 e. The summed E-state index contributed by atoms with van der Waals surface area (Å²) in [5.74, 6) is -0.177. The summed E-state index contributed by atoms with van der Waals surface area (Å²) in [7, 11) is 1.57. The summed E-state index contributed by atoms with van der Waals surface area (Å²) in [6, 6.07) is 0. The molecular weight excluding hydrogens is 181 g/mol. The van der Waals surface area contributed by atoms with Gasteiger partial charge in [-0.3, -0.25) is 0 Å². The maximum absolute atomic E-state index is 12.3. The Balaban J connectivity index is 3.23. The van der Waals surface area contributed by atoms with Crippen molar-refractivity contribution in [3.63, 3.8) is 0 Å². The zero-order chi connectivity index (χ0) is 10.2. The molecule has 0 aromatic carbocycles. The van der Waals surface area contributed by atoms with Crippen LogP contribution in [0.1, 0.15) is 31.2 Å². The van der Waals surface area contributed by atoms with Crippen LogP contribution >= 0.6 is 0 Å². The van der Waals surface area contributed by atoms with Crippen molar-refractivity contribution >= 4 is 0 Å². The number of hydrogen-bond acceptors (Lipinski definition) is 1. The Morgan fingerprint density at radius 3 is 2.23 bits per heavy atom. The molecule has 0 saturated carbocycles. The maximum Gasteiger partial charge on any atom is 0.435 e. The Morgan fingerprint density at radius 2 is 1.92 bits per heavy atom. The second-order valence-corrected chi connectivity index (χ2v) is 3.24. The second-order valence-electron chi connectivity index (χ2n) is 3.24. The predicted octanol–water partition coefficient (Wildman–Crippen LogP) is 2.56. The summed E-state index contributed by atoms with van der Waals surface area (Å²) in [6.07, 6.45) is -3.15. The number of hydrogen-bond donors (Lipinski definition) is 0. The number of rotatable bonds is 1. The van der Waals surface area contributed by atoms with Gasteiger partial charge in [0.1, 0.15) is 0 Å². The van der Waals surface area contributed by atoms with Crippen LogP contribution in [0.2, 0.25) is 0 Å². The lowest BCUT2D eigenvalue weighted by Crippen LogP contribution is -2.11. The van der Waals surface area contributed by atoms with Crippen LogP contribution in [0, 0.1) is 0 Å². The van der Waals surface area contributed by atoms with Gasteiger partial charge in [-0.05, 0) is 5.92 Å². The average molecular weight is 192 g/mol. The average Bonchev–Trinajstić information content (AvgIpc) is 2.28. The van der Waals surface area contributed by atoms with E-state index in [1.54, 1.807) is 20.9 Å². The normalized spacial score (nSPS) is 12.5. The van der Waals surface area contributed by atoms with Crippen LogP contribution in [0.15, 0.2) is 6.33 Å². The van der Waals surface area contributed by atoms with Gasteiger partial charge >= 0.3 is 6.18 Å². The lowest BCUT2D eigenvalue weighted by atomic mass is 10.1. The van der Waals surface area contributed by atoms with Crippen LogP contribution in [-0.4, -0.2) is 9.55 Å². The maximum atomic E-state index is 12.3. The van der Waals surface area contributed by atoms with Crippen LogP contribution in [-0.2, 0) is 13.2 Å². The van der Waals surface area contributed by atoms with E-state index in [0.717, 1.165) is 0 Å². The fourth-order valence-electron chi connectivity index (χ4n) is 1.34. The van der Waals surface area contributed by atoms with Gasteiger partial charge in [-0.25, -0.2) is 4.98 Å². The highest BCUT2D eigenvalue weighted by Gasteiger charge is 2.37. The van der Waals surface area contributed by atoms with Crippen molar-refractivity contribution in [2.45, 2.75) is 25.9 Å². The van der Waals surface area contributed by atoms with Crippen molar-refractivity contribution in [1.29, 1.82) is 0 Å². The molecule has 13 heavy (non-hydrogen) atoms. The van der Waals surface area contributed by atoms with Gasteiger partial charge < -0.3 is 4.57 Å². The topological polar surface area (TPSA) is 17.8 Å². The van der Waals surface area contributed by atoms with Crippen molar-refractivity contribution in [3.8, 4) is 0 Å². The zero-order valence-electron chi connectivity index (χ0n) is 7.68. The lowest BCUT2D eigenvalue weighted by molar-refractivity contribution is -0.141. The molecule has 1 aromatic heterocycles. The second kappa shape index (κ2) is 3.05. The van der Waals surface area contributed by atoms with Gasteiger partial charge in [0.05, 0.1) is 12.0 Å². The number of aromatic nitrogens is 2. The van der Waals surface area contributed by atoms with Crippen molar-refractivity contribution < 1.29 is 13.2 Å². The molecule has 0 amide bonds. The van der Waals surface area contributed by atoms with Crippen molar-refractivity contribution in [3.05, 3.63) is 17.7 Å². The Hall–Kier alpha value is -1.00. The van der Waals surface area contributed by atoms with Gasteiger partial charge in [-0.15, -0.1) is 0 Å². The minimum atomic E-state index is -4.35. The molecule has 0 spiro atoms. The number of nitrogens with zero attached hydrogens (tertiary/aromatic N) is 2. The van der Waals surface area contributed by atoms with Crippen molar-refractivity contribution in [2.75, 3.05) is 0 Å². The number of imidazole rings is 1. The molecule has 0 fully saturated rings. The molecular formula is C8H11F3N2. The van der Waals surface area contributed by atoms with E-state index >= 15 is 0 Å². The third-order valence-corrected chi connectivity index (χ3v) is 1.80. The van der Waals surface area contributed by atoms with E-state index in [1.165, 1.54) is 10.9 Å². The van der Waals surface area contributed by atoms with E-state index in [-0.39, 0.29) is 11.6 Å². The first kappa shape index (κ1) is 10.1. The van der Waals surface area contributed by atoms with Gasteiger partial charge in [0.25, 0.3) is 0 Å². The summed E-state index contributed by atoms with van der Waals surface area (Å²) < 4.78 is 38.4. The highest BCUT2D eigenvalue weighted by Crippen LogP contribution is 2.33. The van der Waals surface area contributed by atoms with E-state index in [9.17, 15) is 13.2 Å². The van der Waals surface area contributed by atoms with E-state index < -0.39 is 11.9 Å². The number of aryl methyl sites for hydroxylation is 1. The summed E-state index contributed by atoms with van der Waals surface area (Å²) >= 11 is 0. The molecule has 1 aromatic rings. The predicted molar refractivity (Wildman–Crippen MR) is 42.3 cm³/mol. The minimum absolute atomic E-state index is 0.177. The molecule has 0 bridgehead atoms. The first-order valence-corrected chi connectivity index (χ1v) is 3.92. The molecule has 0 aliphatic heterocycles. The van der Waals surface area contributed by atoms with Gasteiger partial charge in [0.2, 0.25) is 0 Å². The fourth-order valence-corrected chi connectivity index (χ4v) is 1.34. The first-order valence-electron chi connectivity index (χ1n) is 3.92. The van der Waals surface area contributed by atoms with E-state index in [2.05, 4.69) is 4.98 Å². The SMILES string of the molecule is CC(C)c1c(C(F)(F)F)ncn1C. The Bertz CT molecular complexity index is 299. The monoisotopic (exact) mass is 192 g/mol. The lowest BCUT2D eigenvalue weighted by Gasteiger charge is -2.11. The molecule has 1 rings (SSSR count). The number of halogens is 3. The summed E-state index contributed by atoms with van der Waals surface area (Å²) in [5, 5.41) is 0. The molecule has 74 valence electrons. The molecule has 0 aliphatic rings. The van der Waals surface area contributed by atoms with Gasteiger partial charge in [0.15, 0.2) is 5.69 Å². The third kappa shape index (κ3) is 1.84. The van der Waals surface area contributed by atoms with Crippen LogP contribution in [0.4, 0.5) is 13.2 Å². The Morgan fingerprint density at radius 1 is 1.38 bits per heavy atom. The van der Waals surface area contributed by atoms with E-state index in [1.807, 2.05) is 0 Å². The third-order valence-electron chi connectivity index (χ3n) is 1.80. The van der Waals surface area contributed by atoms with E-state index in [4.69, 9.17) is 0 Å². The van der Waals surface area contributed by atoms with Crippen LogP contribution in [0.3, 0.4) is 0 Å². The van der Waals surface area contributed by atoms with Gasteiger partial charge in [-0.2, -0.15) is 13.2 Å². The highest BCUT2D eigenvalue weighted by molar-refractivity contribution is 5.19. The minimum Gasteiger partial charge on any atom is -0.337 e. The molecule has 0 saturated heterocycles. The first-order chi connectivity index (χ1) is 5.84. The van der Waals surface area contributed by atoms with Crippen LogP contribution in [0.5, 0.6) is 0 Å². The highest BCUT2D eigenvalue weighted by atomic mass is 19.4. The summed E-state index contributed by atoms with van der Waals surface area (Å²) in [4.78, 5) is 3.35. The van der Waals surface area contributed by atoms with Gasteiger partial charge in [-0.1, -0.05) is 13.8 Å². The molecule has 1 heterocycles. The van der Waals surface area contributed by atoms with Crippen molar-refractivity contribution in [1.82, 2.24) is 9.55 Å². The standard InChI is InChI=1S/C8H11F3N2/c1-5(2)6-7(8(9,10)11)12-4-13(6)3/h4-5H,1-3H3. The zero-order valence-corrected chi connectivity index (χ0v) is 7.68. The van der Waals surface area contributed by atoms with Crippen molar-refractivity contribution in [2.24, 2.45) is 7.05 Å². The molecule has 0 aliphatic carbocycles. The molecule has 2 nitrogen and oxygen atoms in total. The Labute approximate surface area is 74.4 Å². The quantitative estimate of drug-likeness (QED) is 0.668. The summed E-state index contributed by atoms with van der Waals surface area (Å²) in [6.45, 7) is 3.43. The molecule has 0 N–H and O–H groups in total. The molecule has 5 heteroatoms. The van der Waals surface area contributed by atoms with Crippen LogP contribution < -0.4 is 0 Å². The molecule has 0 atom stereocenters. The van der Waals surface area contributed by atoms with Gasteiger partial charge in [0, 0.05) is 7.05 Å². The summed E-state index contributed by atoms with van der Waals surface area (Å²) in [5.41, 5.74) is -0.544. The smallest absolute Gasteiger partial charge is 0.337 e. The van der Waals surface area contributed by atoms with E-state index in [0.29, 0.717) is 0 Å². The Kier molecular flexibility index (Phi) is 2.36.